The van der Waals surface area contributed by atoms with Gasteiger partial charge in [0, 0.05) is 12.8 Å². The van der Waals surface area contributed by atoms with E-state index in [1.165, 1.54) is 4.90 Å². The van der Waals surface area contributed by atoms with Gasteiger partial charge in [0.05, 0.1) is 30.3 Å². The van der Waals surface area contributed by atoms with Gasteiger partial charge in [-0.05, 0) is 44.1 Å². The number of aliphatic hydroxyl groups excluding tert-OH is 1. The highest BCUT2D eigenvalue weighted by atomic mass is 16.7. The lowest BCUT2D eigenvalue weighted by atomic mass is 9.92. The second-order valence-electron chi connectivity index (χ2n) is 10.1. The van der Waals surface area contributed by atoms with Crippen LogP contribution in [-0.2, 0) is 25.4 Å². The van der Waals surface area contributed by atoms with E-state index < -0.39 is 29.8 Å². The Balaban J connectivity index is 1.38. The Labute approximate surface area is 190 Å². The summed E-state index contributed by atoms with van der Waals surface area (Å²) in [6, 6.07) is 9.34. The molecule has 7 nitrogen and oxygen atoms in total. The second kappa shape index (κ2) is 9.12. The van der Waals surface area contributed by atoms with Gasteiger partial charge >= 0.3 is 6.09 Å². The van der Waals surface area contributed by atoms with E-state index in [4.69, 9.17) is 14.2 Å². The smallest absolute Gasteiger partial charge is 0.416 e. The number of imide groups is 1. The number of benzene rings is 1. The Morgan fingerprint density at radius 1 is 1.22 bits per heavy atom. The minimum atomic E-state index is -0.926. The predicted molar refractivity (Wildman–Crippen MR) is 118 cm³/mol. The number of cyclic esters (lactones) is 1. The van der Waals surface area contributed by atoms with Crippen LogP contribution in [0.15, 0.2) is 30.3 Å². The zero-order chi connectivity index (χ0) is 23.0. The van der Waals surface area contributed by atoms with Crippen LogP contribution < -0.4 is 0 Å². The van der Waals surface area contributed by atoms with Crippen molar-refractivity contribution in [2.75, 3.05) is 6.61 Å². The summed E-state index contributed by atoms with van der Waals surface area (Å²) in [6.07, 6.45) is 1.06. The minimum absolute atomic E-state index is 0.112. The van der Waals surface area contributed by atoms with Crippen molar-refractivity contribution in [2.24, 2.45) is 17.8 Å². The fraction of sp³-hybridized carbons (Fsp3) is 0.680. The molecule has 2 aliphatic heterocycles. The maximum Gasteiger partial charge on any atom is 0.416 e. The van der Waals surface area contributed by atoms with Gasteiger partial charge in [0.25, 0.3) is 0 Å². The topological polar surface area (TPSA) is 85.3 Å². The van der Waals surface area contributed by atoms with Crippen LogP contribution in [0.5, 0.6) is 0 Å². The first-order chi connectivity index (χ1) is 15.1. The number of ether oxygens (including phenoxy) is 3. The minimum Gasteiger partial charge on any atom is -0.447 e. The molecule has 1 aromatic rings. The lowest BCUT2D eigenvalue weighted by Gasteiger charge is -2.42. The SMILES string of the molecule is CC(C(=O)N1C(=O)OC[C@H]1Cc1ccccc1)C(O)C[C@H]1C[C@@H]([C@@H]2C[C@H]2C)OC(C)(C)O1. The molecule has 1 aliphatic carbocycles. The zero-order valence-electron chi connectivity index (χ0n) is 19.4. The highest BCUT2D eigenvalue weighted by Crippen LogP contribution is 2.47. The molecule has 1 saturated carbocycles. The number of hydrogen-bond donors (Lipinski definition) is 1. The fourth-order valence-corrected chi connectivity index (χ4v) is 5.05. The molecule has 0 radical (unpaired) electrons. The first-order valence-electron chi connectivity index (χ1n) is 11.7. The van der Waals surface area contributed by atoms with Crippen molar-refractivity contribution in [3.63, 3.8) is 0 Å². The van der Waals surface area contributed by atoms with Crippen LogP contribution in [0, 0.1) is 17.8 Å². The summed E-state index contributed by atoms with van der Waals surface area (Å²) in [6.45, 7) is 7.86. The normalized spacial score (nSPS) is 33.5. The van der Waals surface area contributed by atoms with Gasteiger partial charge < -0.3 is 19.3 Å². The number of carbonyl (C=O) groups is 2. The van der Waals surface area contributed by atoms with Crippen LogP contribution in [0.2, 0.25) is 0 Å². The Morgan fingerprint density at radius 3 is 2.56 bits per heavy atom. The van der Waals surface area contributed by atoms with Gasteiger partial charge in [-0.15, -0.1) is 0 Å². The van der Waals surface area contributed by atoms with Crippen molar-refractivity contribution in [2.45, 2.75) is 83.5 Å². The highest BCUT2D eigenvalue weighted by Gasteiger charge is 2.48. The highest BCUT2D eigenvalue weighted by molar-refractivity contribution is 5.95. The Morgan fingerprint density at radius 2 is 1.91 bits per heavy atom. The van der Waals surface area contributed by atoms with Crippen LogP contribution in [0.1, 0.15) is 52.5 Å². The average Bonchev–Trinajstić information content (AvgIpc) is 3.37. The number of hydrogen-bond acceptors (Lipinski definition) is 6. The molecule has 2 saturated heterocycles. The van der Waals surface area contributed by atoms with Gasteiger partial charge in [-0.2, -0.15) is 0 Å². The number of amides is 2. The number of carbonyl (C=O) groups excluding carboxylic acids is 2. The lowest BCUT2D eigenvalue weighted by Crippen LogP contribution is -2.49. The zero-order valence-corrected chi connectivity index (χ0v) is 19.4. The number of rotatable bonds is 7. The second-order valence-corrected chi connectivity index (χ2v) is 10.1. The summed E-state index contributed by atoms with van der Waals surface area (Å²) in [5.74, 6) is -0.674. The molecule has 176 valence electrons. The van der Waals surface area contributed by atoms with E-state index in [0.29, 0.717) is 31.1 Å². The van der Waals surface area contributed by atoms with Crippen molar-refractivity contribution in [1.29, 1.82) is 0 Å². The molecular formula is C25H35NO6. The van der Waals surface area contributed by atoms with Gasteiger partial charge in [0.2, 0.25) is 5.91 Å². The molecule has 7 heteroatoms. The first kappa shape index (κ1) is 23.2. The number of aliphatic hydroxyl groups is 1. The molecule has 0 spiro atoms. The molecule has 3 fully saturated rings. The summed E-state index contributed by atoms with van der Waals surface area (Å²) >= 11 is 0. The fourth-order valence-electron chi connectivity index (χ4n) is 5.05. The molecule has 1 N–H and O–H groups in total. The van der Waals surface area contributed by atoms with E-state index in [-0.39, 0.29) is 24.9 Å². The maximum absolute atomic E-state index is 13.2. The maximum atomic E-state index is 13.2. The largest absolute Gasteiger partial charge is 0.447 e. The van der Waals surface area contributed by atoms with Gasteiger partial charge in [-0.3, -0.25) is 4.79 Å². The lowest BCUT2D eigenvalue weighted by molar-refractivity contribution is -0.306. The molecule has 4 rings (SSSR count). The Hall–Kier alpha value is -1.96. The molecular weight excluding hydrogens is 410 g/mol. The van der Waals surface area contributed by atoms with Crippen molar-refractivity contribution in [1.82, 2.24) is 4.90 Å². The van der Waals surface area contributed by atoms with E-state index in [9.17, 15) is 14.7 Å². The third-order valence-electron chi connectivity index (χ3n) is 7.01. The van der Waals surface area contributed by atoms with Crippen LogP contribution in [-0.4, -0.2) is 58.8 Å². The third-order valence-corrected chi connectivity index (χ3v) is 7.01. The molecule has 2 unspecified atom stereocenters. The molecule has 2 amide bonds. The molecule has 3 aliphatic rings. The monoisotopic (exact) mass is 445 g/mol. The van der Waals surface area contributed by atoms with E-state index in [0.717, 1.165) is 12.0 Å². The van der Waals surface area contributed by atoms with Gasteiger partial charge in [0.1, 0.15) is 6.61 Å². The van der Waals surface area contributed by atoms with Gasteiger partial charge in [-0.25, -0.2) is 9.69 Å². The van der Waals surface area contributed by atoms with Crippen molar-refractivity contribution in [3.8, 4) is 0 Å². The Bertz CT molecular complexity index is 827. The van der Waals surface area contributed by atoms with Crippen molar-refractivity contribution < 1.29 is 28.9 Å². The standard InChI is InChI=1S/C25H35NO6/c1-15-10-20(15)22-13-19(31-25(3,4)32-22)12-21(27)16(2)23(28)26-18(14-30-24(26)29)11-17-8-6-5-7-9-17/h5-9,15-16,18-22,27H,10-14H2,1-4H3/t15-,16?,18-,19+,20-,21?,22+/m1/s1. The molecule has 0 bridgehead atoms. The van der Waals surface area contributed by atoms with Crippen LogP contribution in [0.3, 0.4) is 0 Å². The van der Waals surface area contributed by atoms with E-state index in [1.54, 1.807) is 6.92 Å². The van der Waals surface area contributed by atoms with E-state index in [1.807, 2.05) is 44.2 Å². The summed E-state index contributed by atoms with van der Waals surface area (Å²) in [4.78, 5) is 26.7. The van der Waals surface area contributed by atoms with Crippen LogP contribution >= 0.6 is 0 Å². The van der Waals surface area contributed by atoms with Crippen molar-refractivity contribution in [3.05, 3.63) is 35.9 Å². The third kappa shape index (κ3) is 5.16. The predicted octanol–water partition coefficient (Wildman–Crippen LogP) is 3.53. The molecule has 1 aromatic carbocycles. The molecule has 0 aromatic heterocycles. The van der Waals surface area contributed by atoms with Gasteiger partial charge in [-0.1, -0.05) is 44.2 Å². The first-order valence-corrected chi connectivity index (χ1v) is 11.7. The summed E-state index contributed by atoms with van der Waals surface area (Å²) < 4.78 is 17.4. The van der Waals surface area contributed by atoms with E-state index >= 15 is 0 Å². The van der Waals surface area contributed by atoms with Crippen LogP contribution in [0.25, 0.3) is 0 Å². The van der Waals surface area contributed by atoms with Crippen molar-refractivity contribution >= 4 is 12.0 Å². The average molecular weight is 446 g/mol. The summed E-state index contributed by atoms with van der Waals surface area (Å²) in [7, 11) is 0. The molecule has 32 heavy (non-hydrogen) atoms. The van der Waals surface area contributed by atoms with Gasteiger partial charge in [0.15, 0.2) is 5.79 Å². The quantitative estimate of drug-likeness (QED) is 0.691. The molecule has 7 atom stereocenters. The number of nitrogens with zero attached hydrogens (tertiary/aromatic N) is 1. The summed E-state index contributed by atoms with van der Waals surface area (Å²) in [5.41, 5.74) is 1.03. The van der Waals surface area contributed by atoms with Crippen LogP contribution in [0.4, 0.5) is 4.79 Å². The van der Waals surface area contributed by atoms with E-state index in [2.05, 4.69) is 6.92 Å². The molecule has 2 heterocycles. The Kier molecular flexibility index (Phi) is 6.61. The summed E-state index contributed by atoms with van der Waals surface area (Å²) in [5, 5.41) is 10.9.